The summed E-state index contributed by atoms with van der Waals surface area (Å²) in [5.41, 5.74) is 2.53. The van der Waals surface area contributed by atoms with Gasteiger partial charge in [0.25, 0.3) is 0 Å². The molecule has 0 aromatic heterocycles. The number of nitrogens with one attached hydrogen (secondary N) is 1. The number of nitrogens with zero attached hydrogens (tertiary/aromatic N) is 1. The number of amides is 1. The van der Waals surface area contributed by atoms with Gasteiger partial charge in [-0.05, 0) is 53.3 Å². The molecule has 1 N–H and O–H groups in total. The van der Waals surface area contributed by atoms with Crippen molar-refractivity contribution in [3.05, 3.63) is 102 Å². The highest BCUT2D eigenvalue weighted by atomic mass is 32.2. The molecule has 0 radical (unpaired) electrons. The molecule has 1 amide bonds. The van der Waals surface area contributed by atoms with Gasteiger partial charge in [-0.25, -0.2) is 8.42 Å². The molecule has 0 saturated carbocycles. The third kappa shape index (κ3) is 4.04. The molecular formula is C27H24N2O4S. The van der Waals surface area contributed by atoms with E-state index in [2.05, 4.69) is 5.32 Å². The maximum Gasteiger partial charge on any atom is 0.244 e. The average molecular weight is 473 g/mol. The molecule has 7 heteroatoms. The lowest BCUT2D eigenvalue weighted by atomic mass is 9.95. The van der Waals surface area contributed by atoms with Crippen molar-refractivity contribution in [2.75, 3.05) is 12.4 Å². The van der Waals surface area contributed by atoms with Gasteiger partial charge in [-0.15, -0.1) is 0 Å². The number of hydrogen-bond donors (Lipinski definition) is 1. The van der Waals surface area contributed by atoms with Crippen LogP contribution in [-0.4, -0.2) is 31.8 Å². The fourth-order valence-corrected chi connectivity index (χ4v) is 5.97. The van der Waals surface area contributed by atoms with Crippen molar-refractivity contribution in [1.82, 2.24) is 4.31 Å². The number of fused-ring (bicyclic) bond motifs is 2. The number of carbonyl (C=O) groups is 1. The van der Waals surface area contributed by atoms with E-state index in [0.717, 1.165) is 21.9 Å². The largest absolute Gasteiger partial charge is 0.497 e. The summed E-state index contributed by atoms with van der Waals surface area (Å²) in [5, 5.41) is 4.89. The van der Waals surface area contributed by atoms with Crippen molar-refractivity contribution in [3.63, 3.8) is 0 Å². The molecule has 0 unspecified atom stereocenters. The molecule has 5 rings (SSSR count). The van der Waals surface area contributed by atoms with Crippen molar-refractivity contribution < 1.29 is 17.9 Å². The first-order valence-corrected chi connectivity index (χ1v) is 12.4. The molecule has 0 fully saturated rings. The molecule has 6 nitrogen and oxygen atoms in total. The van der Waals surface area contributed by atoms with E-state index in [9.17, 15) is 13.2 Å². The van der Waals surface area contributed by atoms with E-state index in [4.69, 9.17) is 4.74 Å². The van der Waals surface area contributed by atoms with Gasteiger partial charge in [0.1, 0.15) is 11.8 Å². The molecule has 1 atom stereocenters. The molecule has 0 bridgehead atoms. The zero-order valence-electron chi connectivity index (χ0n) is 18.6. The first-order valence-electron chi connectivity index (χ1n) is 11.0. The number of benzene rings is 4. The third-order valence-corrected chi connectivity index (χ3v) is 8.09. The van der Waals surface area contributed by atoms with Crippen molar-refractivity contribution in [1.29, 1.82) is 0 Å². The Bertz CT molecular complexity index is 1460. The summed E-state index contributed by atoms with van der Waals surface area (Å²) in [6.07, 6.45) is 0.294. The molecule has 4 aromatic rings. The van der Waals surface area contributed by atoms with Crippen LogP contribution in [0.5, 0.6) is 5.75 Å². The lowest BCUT2D eigenvalue weighted by Crippen LogP contribution is -2.50. The van der Waals surface area contributed by atoms with Crippen LogP contribution in [0.4, 0.5) is 5.69 Å². The Morgan fingerprint density at radius 3 is 2.32 bits per heavy atom. The van der Waals surface area contributed by atoms with Crippen molar-refractivity contribution in [2.24, 2.45) is 0 Å². The third-order valence-electron chi connectivity index (χ3n) is 6.22. The molecule has 4 aromatic carbocycles. The standard InChI is InChI=1S/C27H24N2O4S/c1-33-22-13-15-23(16-14-22)34(31,32)29-18-21-9-3-2-8-20(21)17-26(29)27(30)28-25-12-6-10-19-7-4-5-11-24(19)25/h2-16,26H,17-18H2,1H3,(H,28,30)/t26-/m0/s1. The van der Waals surface area contributed by atoms with Gasteiger partial charge in [-0.3, -0.25) is 4.79 Å². The number of methoxy groups -OCH3 is 1. The Morgan fingerprint density at radius 1 is 0.882 bits per heavy atom. The Kier molecular flexibility index (Phi) is 5.81. The lowest BCUT2D eigenvalue weighted by Gasteiger charge is -2.35. The minimum absolute atomic E-state index is 0.121. The van der Waals surface area contributed by atoms with Gasteiger partial charge in [0, 0.05) is 17.6 Å². The minimum atomic E-state index is -3.94. The molecular weight excluding hydrogens is 448 g/mol. The Hall–Kier alpha value is -3.68. The van der Waals surface area contributed by atoms with E-state index in [1.165, 1.54) is 23.5 Å². The second-order valence-corrected chi connectivity index (χ2v) is 10.1. The van der Waals surface area contributed by atoms with Crippen LogP contribution in [0.1, 0.15) is 11.1 Å². The van der Waals surface area contributed by atoms with Crippen molar-refractivity contribution in [2.45, 2.75) is 23.9 Å². The molecule has 0 saturated heterocycles. The van der Waals surface area contributed by atoms with E-state index >= 15 is 0 Å². The SMILES string of the molecule is COc1ccc(S(=O)(=O)N2Cc3ccccc3C[C@H]2C(=O)Nc2cccc3ccccc23)cc1. The van der Waals surface area contributed by atoms with E-state index in [-0.39, 0.29) is 17.3 Å². The number of hydrogen-bond acceptors (Lipinski definition) is 4. The number of rotatable bonds is 5. The summed E-state index contributed by atoms with van der Waals surface area (Å²) in [6, 6.07) is 26.4. The summed E-state index contributed by atoms with van der Waals surface area (Å²) < 4.78 is 33.8. The van der Waals surface area contributed by atoms with E-state index in [0.29, 0.717) is 17.9 Å². The van der Waals surface area contributed by atoms with Gasteiger partial charge in [0.05, 0.1) is 12.0 Å². The molecule has 1 aliphatic heterocycles. The van der Waals surface area contributed by atoms with Crippen LogP contribution in [0.15, 0.2) is 95.9 Å². The predicted molar refractivity (Wildman–Crippen MR) is 132 cm³/mol. The summed E-state index contributed by atoms with van der Waals surface area (Å²) in [5.74, 6) is 0.205. The molecule has 34 heavy (non-hydrogen) atoms. The van der Waals surface area contributed by atoms with Gasteiger partial charge in [0.2, 0.25) is 15.9 Å². The monoisotopic (exact) mass is 472 g/mol. The molecule has 1 heterocycles. The Morgan fingerprint density at radius 2 is 1.56 bits per heavy atom. The van der Waals surface area contributed by atoms with E-state index < -0.39 is 16.1 Å². The highest BCUT2D eigenvalue weighted by molar-refractivity contribution is 7.89. The van der Waals surface area contributed by atoms with Crippen LogP contribution in [0.25, 0.3) is 10.8 Å². The zero-order chi connectivity index (χ0) is 23.7. The molecule has 1 aliphatic rings. The van der Waals surface area contributed by atoms with Crippen LogP contribution in [0.2, 0.25) is 0 Å². The van der Waals surface area contributed by atoms with Crippen LogP contribution < -0.4 is 10.1 Å². The highest BCUT2D eigenvalue weighted by Crippen LogP contribution is 2.31. The predicted octanol–water partition coefficient (Wildman–Crippen LogP) is 4.60. The lowest BCUT2D eigenvalue weighted by molar-refractivity contribution is -0.120. The number of sulfonamides is 1. The van der Waals surface area contributed by atoms with Crippen molar-refractivity contribution >= 4 is 32.4 Å². The minimum Gasteiger partial charge on any atom is -0.497 e. The first kappa shape index (κ1) is 22.1. The quantitative estimate of drug-likeness (QED) is 0.461. The normalized spacial score (nSPS) is 16.1. The number of carbonyl (C=O) groups excluding carboxylic acids is 1. The second kappa shape index (κ2) is 8.93. The fraction of sp³-hybridized carbons (Fsp3) is 0.148. The van der Waals surface area contributed by atoms with Gasteiger partial charge in [0.15, 0.2) is 0 Å². The summed E-state index contributed by atoms with van der Waals surface area (Å²) in [7, 11) is -2.42. The number of anilines is 1. The van der Waals surface area contributed by atoms with Gasteiger partial charge in [-0.2, -0.15) is 4.31 Å². The van der Waals surface area contributed by atoms with Crippen molar-refractivity contribution in [3.8, 4) is 5.75 Å². The van der Waals surface area contributed by atoms with Gasteiger partial charge in [-0.1, -0.05) is 60.7 Å². The van der Waals surface area contributed by atoms with Gasteiger partial charge < -0.3 is 10.1 Å². The number of ether oxygens (including phenoxy) is 1. The fourth-order valence-electron chi connectivity index (χ4n) is 4.41. The van der Waals surface area contributed by atoms with Gasteiger partial charge >= 0.3 is 0 Å². The van der Waals surface area contributed by atoms with Crippen LogP contribution in [-0.2, 0) is 27.8 Å². The highest BCUT2D eigenvalue weighted by Gasteiger charge is 2.39. The van der Waals surface area contributed by atoms with Crippen LogP contribution in [0.3, 0.4) is 0 Å². The summed E-state index contributed by atoms with van der Waals surface area (Å²) >= 11 is 0. The smallest absolute Gasteiger partial charge is 0.244 e. The maximum atomic E-state index is 13.7. The van der Waals surface area contributed by atoms with Crippen LogP contribution >= 0.6 is 0 Å². The van der Waals surface area contributed by atoms with E-state index in [1.807, 2.05) is 66.7 Å². The summed E-state index contributed by atoms with van der Waals surface area (Å²) in [4.78, 5) is 13.7. The van der Waals surface area contributed by atoms with E-state index in [1.54, 1.807) is 12.1 Å². The average Bonchev–Trinajstić information content (AvgIpc) is 2.88. The summed E-state index contributed by atoms with van der Waals surface area (Å²) in [6.45, 7) is 0.123. The first-order chi connectivity index (χ1) is 16.5. The van der Waals surface area contributed by atoms with Crippen LogP contribution in [0, 0.1) is 0 Å². The Labute approximate surface area is 198 Å². The molecule has 0 spiro atoms. The molecule has 172 valence electrons. The second-order valence-electron chi connectivity index (χ2n) is 8.23. The maximum absolute atomic E-state index is 13.7. The topological polar surface area (TPSA) is 75.7 Å². The zero-order valence-corrected chi connectivity index (χ0v) is 19.5. The molecule has 0 aliphatic carbocycles. The Balaban J connectivity index is 1.53.